The third-order valence-corrected chi connectivity index (χ3v) is 5.63. The first-order valence-corrected chi connectivity index (χ1v) is 9.31. The van der Waals surface area contributed by atoms with Crippen molar-refractivity contribution < 1.29 is 9.59 Å². The minimum absolute atomic E-state index is 0.102. The number of halogens is 1. The van der Waals surface area contributed by atoms with E-state index < -0.39 is 5.25 Å². The van der Waals surface area contributed by atoms with E-state index >= 15 is 0 Å². The summed E-state index contributed by atoms with van der Waals surface area (Å²) in [5, 5.41) is 5.42. The molecule has 4 nitrogen and oxygen atoms in total. The molecule has 0 fully saturated rings. The third kappa shape index (κ3) is 3.99. The molecule has 124 valence electrons. The van der Waals surface area contributed by atoms with Crippen molar-refractivity contribution in [2.45, 2.75) is 29.5 Å². The molecule has 2 aromatic carbocycles. The second kappa shape index (κ2) is 7.40. The maximum Gasteiger partial charge on any atom is 0.238 e. The van der Waals surface area contributed by atoms with Crippen molar-refractivity contribution >= 4 is 45.2 Å². The smallest absolute Gasteiger partial charge is 0.238 e. The van der Waals surface area contributed by atoms with Crippen LogP contribution in [0.25, 0.3) is 0 Å². The molecule has 2 amide bonds. The number of hydrogen-bond acceptors (Lipinski definition) is 3. The fourth-order valence-corrected chi connectivity index (χ4v) is 3.91. The zero-order valence-electron chi connectivity index (χ0n) is 13.1. The van der Waals surface area contributed by atoms with E-state index in [9.17, 15) is 9.59 Å². The molecule has 0 unspecified atom stereocenters. The molecule has 1 heterocycles. The van der Waals surface area contributed by atoms with Crippen molar-refractivity contribution in [3.63, 3.8) is 0 Å². The first kappa shape index (κ1) is 17.0. The standard InChI is InChI=1S/C18H17BrN2O2S/c1-11(12-6-8-13(19)9-7-12)20-17(22)10-16-18(23)21-14-4-2-3-5-15(14)24-16/h2-9,11,16H,10H2,1H3,(H,20,22)(H,21,23)/t11-,16+/m1/s1. The number of amides is 2. The maximum absolute atomic E-state index is 12.3. The average Bonchev–Trinajstić information content (AvgIpc) is 2.56. The minimum Gasteiger partial charge on any atom is -0.350 e. The molecule has 2 atom stereocenters. The Balaban J connectivity index is 1.61. The van der Waals surface area contributed by atoms with E-state index in [4.69, 9.17) is 0 Å². The summed E-state index contributed by atoms with van der Waals surface area (Å²) in [6, 6.07) is 15.3. The third-order valence-electron chi connectivity index (χ3n) is 3.82. The number of benzene rings is 2. The molecule has 0 spiro atoms. The molecule has 1 aliphatic heterocycles. The van der Waals surface area contributed by atoms with Gasteiger partial charge in [-0.05, 0) is 36.8 Å². The lowest BCUT2D eigenvalue weighted by Crippen LogP contribution is -2.35. The van der Waals surface area contributed by atoms with Crippen LogP contribution in [-0.2, 0) is 9.59 Å². The molecule has 1 aliphatic rings. The molecule has 0 aliphatic carbocycles. The van der Waals surface area contributed by atoms with E-state index in [2.05, 4.69) is 26.6 Å². The van der Waals surface area contributed by atoms with E-state index in [0.717, 1.165) is 20.6 Å². The van der Waals surface area contributed by atoms with E-state index in [1.807, 2.05) is 55.5 Å². The molecule has 3 rings (SSSR count). The van der Waals surface area contributed by atoms with Crippen LogP contribution in [0.4, 0.5) is 5.69 Å². The lowest BCUT2D eigenvalue weighted by Gasteiger charge is -2.24. The summed E-state index contributed by atoms with van der Waals surface area (Å²) in [6.45, 7) is 1.94. The van der Waals surface area contributed by atoms with Gasteiger partial charge in [-0.1, -0.05) is 40.2 Å². The van der Waals surface area contributed by atoms with Gasteiger partial charge in [0.15, 0.2) is 0 Å². The minimum atomic E-state index is -0.406. The molecule has 24 heavy (non-hydrogen) atoms. The van der Waals surface area contributed by atoms with E-state index in [1.165, 1.54) is 11.8 Å². The summed E-state index contributed by atoms with van der Waals surface area (Å²) in [4.78, 5) is 25.5. The fourth-order valence-electron chi connectivity index (χ4n) is 2.53. The Labute approximate surface area is 153 Å². The summed E-state index contributed by atoms with van der Waals surface area (Å²) >= 11 is 4.84. The van der Waals surface area contributed by atoms with Gasteiger partial charge < -0.3 is 10.6 Å². The Kier molecular flexibility index (Phi) is 5.26. The topological polar surface area (TPSA) is 58.2 Å². The average molecular weight is 405 g/mol. The Hall–Kier alpha value is -1.79. The molecule has 0 saturated heterocycles. The number of carbonyl (C=O) groups is 2. The van der Waals surface area contributed by atoms with Crippen LogP contribution in [0.5, 0.6) is 0 Å². The number of fused-ring (bicyclic) bond motifs is 1. The number of anilines is 1. The van der Waals surface area contributed by atoms with Gasteiger partial charge in [0.2, 0.25) is 11.8 Å². The van der Waals surface area contributed by atoms with Crippen molar-refractivity contribution in [3.8, 4) is 0 Å². The number of para-hydroxylation sites is 1. The van der Waals surface area contributed by atoms with Crippen molar-refractivity contribution in [1.29, 1.82) is 0 Å². The largest absolute Gasteiger partial charge is 0.350 e. The summed E-state index contributed by atoms with van der Waals surface area (Å²) in [5.74, 6) is -0.248. The normalized spacial score (nSPS) is 17.6. The highest BCUT2D eigenvalue weighted by atomic mass is 79.9. The summed E-state index contributed by atoms with van der Waals surface area (Å²) in [6.07, 6.45) is 0.158. The van der Waals surface area contributed by atoms with Crippen LogP contribution in [0.1, 0.15) is 24.9 Å². The quantitative estimate of drug-likeness (QED) is 0.804. The number of nitrogens with one attached hydrogen (secondary N) is 2. The van der Waals surface area contributed by atoms with Crippen LogP contribution in [0.15, 0.2) is 57.9 Å². The van der Waals surface area contributed by atoms with Gasteiger partial charge in [-0.2, -0.15) is 0 Å². The lowest BCUT2D eigenvalue weighted by atomic mass is 10.1. The number of thioether (sulfide) groups is 1. The number of rotatable bonds is 4. The lowest BCUT2D eigenvalue weighted by molar-refractivity contribution is -0.124. The van der Waals surface area contributed by atoms with E-state index in [1.54, 1.807) is 0 Å². The van der Waals surface area contributed by atoms with Gasteiger partial charge in [0.25, 0.3) is 0 Å². The number of hydrogen-bond donors (Lipinski definition) is 2. The Morgan fingerprint density at radius 2 is 1.96 bits per heavy atom. The van der Waals surface area contributed by atoms with Crippen LogP contribution >= 0.6 is 27.7 Å². The molecule has 0 saturated carbocycles. The van der Waals surface area contributed by atoms with E-state index in [0.29, 0.717) is 0 Å². The summed E-state index contributed by atoms with van der Waals surface area (Å²) < 4.78 is 0.999. The second-order valence-electron chi connectivity index (χ2n) is 5.64. The Morgan fingerprint density at radius 3 is 2.71 bits per heavy atom. The van der Waals surface area contributed by atoms with Gasteiger partial charge in [-0.15, -0.1) is 11.8 Å². The Morgan fingerprint density at radius 1 is 1.25 bits per heavy atom. The van der Waals surface area contributed by atoms with Crippen LogP contribution in [0, 0.1) is 0 Å². The maximum atomic E-state index is 12.3. The molecule has 2 aromatic rings. The zero-order valence-corrected chi connectivity index (χ0v) is 15.5. The molecule has 2 N–H and O–H groups in total. The van der Waals surface area contributed by atoms with Crippen LogP contribution in [0.2, 0.25) is 0 Å². The highest BCUT2D eigenvalue weighted by molar-refractivity contribution is 9.10. The molecule has 6 heteroatoms. The van der Waals surface area contributed by atoms with Gasteiger partial charge in [0.05, 0.1) is 17.0 Å². The predicted molar refractivity (Wildman–Crippen MR) is 100 cm³/mol. The first-order chi connectivity index (χ1) is 11.5. The Bertz CT molecular complexity index is 764. The zero-order chi connectivity index (χ0) is 17.1. The van der Waals surface area contributed by atoms with Gasteiger partial charge in [0, 0.05) is 15.8 Å². The van der Waals surface area contributed by atoms with Crippen LogP contribution in [0.3, 0.4) is 0 Å². The molecular weight excluding hydrogens is 388 g/mol. The SMILES string of the molecule is C[C@@H](NC(=O)C[C@@H]1Sc2ccccc2NC1=O)c1ccc(Br)cc1. The molecule has 0 aromatic heterocycles. The highest BCUT2D eigenvalue weighted by Crippen LogP contribution is 2.36. The molecular formula is C18H17BrN2O2S. The van der Waals surface area contributed by atoms with Crippen LogP contribution in [-0.4, -0.2) is 17.1 Å². The fraction of sp³-hybridized carbons (Fsp3) is 0.222. The van der Waals surface area contributed by atoms with Crippen molar-refractivity contribution in [2.24, 2.45) is 0 Å². The van der Waals surface area contributed by atoms with Gasteiger partial charge in [-0.25, -0.2) is 0 Å². The van der Waals surface area contributed by atoms with Crippen LogP contribution < -0.4 is 10.6 Å². The second-order valence-corrected chi connectivity index (χ2v) is 7.80. The molecule has 0 bridgehead atoms. The summed E-state index contributed by atoms with van der Waals surface area (Å²) in [5.41, 5.74) is 1.84. The van der Waals surface area contributed by atoms with Gasteiger partial charge in [-0.3, -0.25) is 9.59 Å². The predicted octanol–water partition coefficient (Wildman–Crippen LogP) is 4.13. The monoisotopic (exact) mass is 404 g/mol. The van der Waals surface area contributed by atoms with Gasteiger partial charge >= 0.3 is 0 Å². The highest BCUT2D eigenvalue weighted by Gasteiger charge is 2.29. The van der Waals surface area contributed by atoms with E-state index in [-0.39, 0.29) is 24.3 Å². The number of carbonyl (C=O) groups excluding carboxylic acids is 2. The van der Waals surface area contributed by atoms with Gasteiger partial charge in [0.1, 0.15) is 0 Å². The summed E-state index contributed by atoms with van der Waals surface area (Å²) in [7, 11) is 0. The first-order valence-electron chi connectivity index (χ1n) is 7.64. The molecule has 0 radical (unpaired) electrons. The van der Waals surface area contributed by atoms with Crippen molar-refractivity contribution in [3.05, 3.63) is 58.6 Å². The van der Waals surface area contributed by atoms with Crippen molar-refractivity contribution in [1.82, 2.24) is 5.32 Å². The van der Waals surface area contributed by atoms with Crippen molar-refractivity contribution in [2.75, 3.05) is 5.32 Å².